The summed E-state index contributed by atoms with van der Waals surface area (Å²) in [4.78, 5) is 12.7. The summed E-state index contributed by atoms with van der Waals surface area (Å²) >= 11 is 0. The van der Waals surface area contributed by atoms with Crippen LogP contribution in [0.2, 0.25) is 0 Å². The van der Waals surface area contributed by atoms with Crippen LogP contribution in [0.4, 0.5) is 5.69 Å². The first-order valence-corrected chi connectivity index (χ1v) is 8.81. The average molecular weight is 364 g/mol. The van der Waals surface area contributed by atoms with E-state index in [2.05, 4.69) is 41.1 Å². The third-order valence-corrected chi connectivity index (χ3v) is 4.50. The van der Waals surface area contributed by atoms with Crippen molar-refractivity contribution in [2.24, 2.45) is 0 Å². The number of amides is 1. The van der Waals surface area contributed by atoms with Crippen molar-refractivity contribution in [3.63, 3.8) is 0 Å². The molecule has 1 aromatic heterocycles. The number of carbonyl (C=O) groups excluding carboxylic acids is 1. The summed E-state index contributed by atoms with van der Waals surface area (Å²) in [5.74, 6) is 1.14. The van der Waals surface area contributed by atoms with Crippen LogP contribution < -0.4 is 14.8 Å². The van der Waals surface area contributed by atoms with Gasteiger partial charge in [-0.3, -0.25) is 4.79 Å². The van der Waals surface area contributed by atoms with E-state index in [-0.39, 0.29) is 11.9 Å². The maximum atomic E-state index is 12.7. The lowest BCUT2D eigenvalue weighted by atomic mass is 10.0. The topological polar surface area (TPSA) is 52.5 Å². The summed E-state index contributed by atoms with van der Waals surface area (Å²) in [5, 5.41) is 2.95. The van der Waals surface area contributed by atoms with Gasteiger partial charge in [-0.2, -0.15) is 0 Å². The molecule has 0 fully saturated rings. The standard InChI is InChI=1S/C22H24N2O3/c1-16-6-8-17(9-7-16)19(24-12-4-5-13-24)15-22(25)23-18-10-11-20(26-2)21(14-18)27-3/h4-14,19H,15H2,1-3H3,(H,23,25). The molecule has 0 spiro atoms. The summed E-state index contributed by atoms with van der Waals surface area (Å²) < 4.78 is 12.6. The fourth-order valence-electron chi connectivity index (χ4n) is 3.04. The first-order chi connectivity index (χ1) is 13.1. The summed E-state index contributed by atoms with van der Waals surface area (Å²) in [7, 11) is 3.16. The Hall–Kier alpha value is -3.21. The third kappa shape index (κ3) is 4.50. The first kappa shape index (κ1) is 18.6. The van der Waals surface area contributed by atoms with E-state index in [0.29, 0.717) is 23.6 Å². The zero-order chi connectivity index (χ0) is 19.2. The molecule has 0 bridgehead atoms. The fraction of sp³-hybridized carbons (Fsp3) is 0.227. The number of carbonyl (C=O) groups is 1. The van der Waals surface area contributed by atoms with E-state index < -0.39 is 0 Å². The molecule has 0 aliphatic rings. The van der Waals surface area contributed by atoms with E-state index in [1.54, 1.807) is 32.4 Å². The molecular formula is C22H24N2O3. The number of hydrogen-bond donors (Lipinski definition) is 1. The molecule has 1 atom stereocenters. The van der Waals surface area contributed by atoms with Gasteiger partial charge in [0.1, 0.15) is 0 Å². The van der Waals surface area contributed by atoms with Crippen molar-refractivity contribution in [1.82, 2.24) is 4.57 Å². The van der Waals surface area contributed by atoms with Crippen LogP contribution in [-0.4, -0.2) is 24.7 Å². The van der Waals surface area contributed by atoms with Crippen molar-refractivity contribution in [1.29, 1.82) is 0 Å². The SMILES string of the molecule is COc1ccc(NC(=O)CC(c2ccc(C)cc2)n2cccc2)cc1OC. The van der Waals surface area contributed by atoms with Crippen molar-refractivity contribution in [2.75, 3.05) is 19.5 Å². The Labute approximate surface area is 159 Å². The van der Waals surface area contributed by atoms with Gasteiger partial charge in [-0.25, -0.2) is 0 Å². The molecular weight excluding hydrogens is 340 g/mol. The van der Waals surface area contributed by atoms with Gasteiger partial charge in [0, 0.05) is 24.1 Å². The van der Waals surface area contributed by atoms with Gasteiger partial charge < -0.3 is 19.4 Å². The summed E-state index contributed by atoms with van der Waals surface area (Å²) in [6, 6.07) is 17.5. The summed E-state index contributed by atoms with van der Waals surface area (Å²) in [6.07, 6.45) is 4.29. The molecule has 0 aliphatic heterocycles. The highest BCUT2D eigenvalue weighted by Gasteiger charge is 2.18. The molecule has 2 aromatic carbocycles. The highest BCUT2D eigenvalue weighted by atomic mass is 16.5. The minimum absolute atomic E-state index is 0.0681. The number of nitrogens with one attached hydrogen (secondary N) is 1. The molecule has 3 aromatic rings. The van der Waals surface area contributed by atoms with Crippen molar-refractivity contribution in [2.45, 2.75) is 19.4 Å². The normalized spacial score (nSPS) is 11.7. The van der Waals surface area contributed by atoms with E-state index in [1.807, 2.05) is 24.5 Å². The van der Waals surface area contributed by atoms with Crippen molar-refractivity contribution < 1.29 is 14.3 Å². The zero-order valence-electron chi connectivity index (χ0n) is 15.8. The second kappa shape index (κ2) is 8.45. The lowest BCUT2D eigenvalue weighted by Gasteiger charge is -2.20. The number of aryl methyl sites for hydroxylation is 1. The Bertz CT molecular complexity index is 886. The maximum absolute atomic E-state index is 12.7. The van der Waals surface area contributed by atoms with Crippen LogP contribution >= 0.6 is 0 Å². The van der Waals surface area contributed by atoms with Gasteiger partial charge >= 0.3 is 0 Å². The molecule has 1 heterocycles. The zero-order valence-corrected chi connectivity index (χ0v) is 15.8. The quantitative estimate of drug-likeness (QED) is 0.675. The van der Waals surface area contributed by atoms with E-state index in [0.717, 1.165) is 5.56 Å². The predicted molar refractivity (Wildman–Crippen MR) is 107 cm³/mol. The van der Waals surface area contributed by atoms with Gasteiger partial charge in [-0.1, -0.05) is 29.8 Å². The van der Waals surface area contributed by atoms with Crippen LogP contribution in [0.3, 0.4) is 0 Å². The van der Waals surface area contributed by atoms with Gasteiger partial charge in [0.25, 0.3) is 0 Å². The van der Waals surface area contributed by atoms with Crippen LogP contribution in [0.5, 0.6) is 11.5 Å². The summed E-state index contributed by atoms with van der Waals surface area (Å²) in [5.41, 5.74) is 2.96. The van der Waals surface area contributed by atoms with Gasteiger partial charge in [0.15, 0.2) is 11.5 Å². The highest BCUT2D eigenvalue weighted by molar-refractivity contribution is 5.91. The predicted octanol–water partition coefficient (Wildman–Crippen LogP) is 4.43. The summed E-state index contributed by atoms with van der Waals surface area (Å²) in [6.45, 7) is 2.05. The van der Waals surface area contributed by atoms with Crippen molar-refractivity contribution in [3.8, 4) is 11.5 Å². The van der Waals surface area contributed by atoms with Crippen LogP contribution in [0.25, 0.3) is 0 Å². The lowest BCUT2D eigenvalue weighted by Crippen LogP contribution is -2.19. The number of nitrogens with zero attached hydrogens (tertiary/aromatic N) is 1. The Morgan fingerprint density at radius 3 is 2.30 bits per heavy atom. The molecule has 0 saturated heterocycles. The minimum Gasteiger partial charge on any atom is -0.493 e. The van der Waals surface area contributed by atoms with Crippen LogP contribution in [0.15, 0.2) is 67.0 Å². The van der Waals surface area contributed by atoms with Gasteiger partial charge in [-0.05, 0) is 36.8 Å². The van der Waals surface area contributed by atoms with Gasteiger partial charge in [-0.15, -0.1) is 0 Å². The van der Waals surface area contributed by atoms with Crippen LogP contribution in [0, 0.1) is 6.92 Å². The molecule has 0 radical (unpaired) electrons. The third-order valence-electron chi connectivity index (χ3n) is 4.50. The molecule has 0 saturated carbocycles. The molecule has 1 unspecified atom stereocenters. The molecule has 1 amide bonds. The Kier molecular flexibility index (Phi) is 5.81. The fourth-order valence-corrected chi connectivity index (χ4v) is 3.04. The molecule has 0 aliphatic carbocycles. The molecule has 3 rings (SSSR count). The number of anilines is 1. The van der Waals surface area contributed by atoms with E-state index >= 15 is 0 Å². The Balaban J connectivity index is 1.78. The van der Waals surface area contributed by atoms with E-state index in [1.165, 1.54) is 5.56 Å². The molecule has 5 heteroatoms. The number of benzene rings is 2. The first-order valence-electron chi connectivity index (χ1n) is 8.81. The van der Waals surface area contributed by atoms with E-state index in [4.69, 9.17) is 9.47 Å². The van der Waals surface area contributed by atoms with E-state index in [9.17, 15) is 4.79 Å². The van der Waals surface area contributed by atoms with Crippen molar-refractivity contribution in [3.05, 3.63) is 78.1 Å². The molecule has 27 heavy (non-hydrogen) atoms. The van der Waals surface area contributed by atoms with Crippen molar-refractivity contribution >= 4 is 11.6 Å². The van der Waals surface area contributed by atoms with Gasteiger partial charge in [0.05, 0.1) is 26.7 Å². The second-order valence-electron chi connectivity index (χ2n) is 6.38. The number of methoxy groups -OCH3 is 2. The lowest BCUT2D eigenvalue weighted by molar-refractivity contribution is -0.116. The second-order valence-corrected chi connectivity index (χ2v) is 6.38. The van der Waals surface area contributed by atoms with Gasteiger partial charge in [0.2, 0.25) is 5.91 Å². The van der Waals surface area contributed by atoms with Crippen LogP contribution in [0.1, 0.15) is 23.6 Å². The number of ether oxygens (including phenoxy) is 2. The molecule has 1 N–H and O–H groups in total. The maximum Gasteiger partial charge on any atom is 0.226 e. The largest absolute Gasteiger partial charge is 0.493 e. The number of hydrogen-bond acceptors (Lipinski definition) is 3. The number of rotatable bonds is 7. The Morgan fingerprint density at radius 2 is 1.67 bits per heavy atom. The monoisotopic (exact) mass is 364 g/mol. The minimum atomic E-state index is -0.0688. The smallest absolute Gasteiger partial charge is 0.226 e. The average Bonchev–Trinajstić information content (AvgIpc) is 3.21. The number of aromatic nitrogens is 1. The molecule has 5 nitrogen and oxygen atoms in total. The highest BCUT2D eigenvalue weighted by Crippen LogP contribution is 2.30. The van der Waals surface area contributed by atoms with Crippen LogP contribution in [-0.2, 0) is 4.79 Å². The molecule has 140 valence electrons. The Morgan fingerprint density at radius 1 is 1.00 bits per heavy atom.